The van der Waals surface area contributed by atoms with Crippen molar-refractivity contribution in [3.63, 3.8) is 0 Å². The monoisotopic (exact) mass is 423 g/mol. The van der Waals surface area contributed by atoms with Gasteiger partial charge in [-0.1, -0.05) is 42.4 Å². The van der Waals surface area contributed by atoms with Gasteiger partial charge in [-0.2, -0.15) is 0 Å². The maximum Gasteiger partial charge on any atom is 0.161 e. The second-order valence-corrected chi connectivity index (χ2v) is 8.92. The Kier molecular flexibility index (Phi) is 4.88. The second kappa shape index (κ2) is 7.54. The molecule has 0 saturated carbocycles. The number of hydrogen-bond acceptors (Lipinski definition) is 5. The van der Waals surface area contributed by atoms with Crippen molar-refractivity contribution in [1.82, 2.24) is 9.88 Å². The zero-order valence-corrected chi connectivity index (χ0v) is 18.0. The maximum absolute atomic E-state index is 6.43. The number of halogens is 1. The van der Waals surface area contributed by atoms with E-state index in [2.05, 4.69) is 35.9 Å². The van der Waals surface area contributed by atoms with Crippen LogP contribution in [0.4, 0.5) is 0 Å². The largest absolute Gasteiger partial charge is 0.459 e. The number of aromatic nitrogens is 1. The van der Waals surface area contributed by atoms with Crippen molar-refractivity contribution < 1.29 is 4.42 Å². The molecule has 0 unspecified atom stereocenters. The standard InChI is InChI=1S/C23H22ClN3OS/c1-3-16-13-29-23-26-21(18-6-4-5-11-25-18)22(27(16)23)20-10-9-19(28-20)17-12-15(24)8-7-14(17)2/h4-12,16,21-22H,3,13H2,1-2H3/t16-,21+,22-/m1/s1. The fraction of sp³-hybridized carbons (Fsp3) is 0.304. The highest BCUT2D eigenvalue weighted by Crippen LogP contribution is 2.49. The number of fused-ring (bicyclic) bond motifs is 1. The van der Waals surface area contributed by atoms with Crippen molar-refractivity contribution in [3.8, 4) is 11.3 Å². The number of nitrogens with zero attached hydrogens (tertiary/aromatic N) is 3. The number of aryl methyl sites for hydroxylation is 1. The molecule has 1 aromatic carbocycles. The van der Waals surface area contributed by atoms with Gasteiger partial charge < -0.3 is 9.32 Å². The Morgan fingerprint density at radius 3 is 2.90 bits per heavy atom. The van der Waals surface area contributed by atoms with Crippen LogP contribution in [0.25, 0.3) is 11.3 Å². The Bertz CT molecular complexity index is 1060. The predicted octanol–water partition coefficient (Wildman–Crippen LogP) is 6.28. The normalized spacial score (nSPS) is 23.3. The lowest BCUT2D eigenvalue weighted by atomic mass is 10.0. The zero-order chi connectivity index (χ0) is 20.0. The minimum atomic E-state index is -0.0625. The van der Waals surface area contributed by atoms with E-state index in [1.807, 2.05) is 54.4 Å². The van der Waals surface area contributed by atoms with Gasteiger partial charge in [-0.3, -0.25) is 4.98 Å². The molecule has 1 saturated heterocycles. The molecule has 5 rings (SSSR count). The van der Waals surface area contributed by atoms with Gasteiger partial charge in [-0.15, -0.1) is 0 Å². The first-order valence-electron chi connectivity index (χ1n) is 9.92. The SMILES string of the molecule is CC[C@@H]1CSC2=N[C@@H](c3ccccn3)[C@@H](c3ccc(-c4cc(Cl)ccc4C)o3)N21. The van der Waals surface area contributed by atoms with Crippen LogP contribution in [0.3, 0.4) is 0 Å². The van der Waals surface area contributed by atoms with Crippen LogP contribution in [0.2, 0.25) is 5.02 Å². The highest BCUT2D eigenvalue weighted by molar-refractivity contribution is 8.14. The summed E-state index contributed by atoms with van der Waals surface area (Å²) < 4.78 is 6.43. The molecule has 0 spiro atoms. The first-order valence-corrected chi connectivity index (χ1v) is 11.3. The molecular weight excluding hydrogens is 402 g/mol. The van der Waals surface area contributed by atoms with Gasteiger partial charge in [-0.25, -0.2) is 4.99 Å². The molecule has 148 valence electrons. The van der Waals surface area contributed by atoms with Gasteiger partial charge in [0.25, 0.3) is 0 Å². The molecule has 4 heterocycles. The number of furan rings is 1. The molecule has 0 bridgehead atoms. The summed E-state index contributed by atoms with van der Waals surface area (Å²) in [6.45, 7) is 4.31. The molecule has 0 amide bonds. The third kappa shape index (κ3) is 3.26. The molecule has 0 radical (unpaired) electrons. The Labute approximate surface area is 180 Å². The van der Waals surface area contributed by atoms with Gasteiger partial charge in [0.2, 0.25) is 0 Å². The highest BCUT2D eigenvalue weighted by atomic mass is 35.5. The highest BCUT2D eigenvalue weighted by Gasteiger charge is 2.46. The summed E-state index contributed by atoms with van der Waals surface area (Å²) in [4.78, 5) is 12.1. The van der Waals surface area contributed by atoms with Crippen molar-refractivity contribution >= 4 is 28.5 Å². The maximum atomic E-state index is 6.43. The zero-order valence-electron chi connectivity index (χ0n) is 16.4. The van der Waals surface area contributed by atoms with E-state index in [1.54, 1.807) is 0 Å². The van der Waals surface area contributed by atoms with Crippen LogP contribution in [0.15, 0.2) is 64.1 Å². The summed E-state index contributed by atoms with van der Waals surface area (Å²) in [5.41, 5.74) is 3.15. The lowest BCUT2D eigenvalue weighted by Gasteiger charge is -2.30. The number of pyridine rings is 1. The van der Waals surface area contributed by atoms with Crippen LogP contribution in [0.5, 0.6) is 0 Å². The number of rotatable bonds is 4. The van der Waals surface area contributed by atoms with Gasteiger partial charge in [0, 0.05) is 28.6 Å². The molecule has 0 aliphatic carbocycles. The van der Waals surface area contributed by atoms with Gasteiger partial charge in [0.05, 0.1) is 5.69 Å². The van der Waals surface area contributed by atoms with Crippen LogP contribution in [-0.2, 0) is 0 Å². The first-order chi connectivity index (χ1) is 14.2. The smallest absolute Gasteiger partial charge is 0.161 e. The van der Waals surface area contributed by atoms with E-state index in [0.717, 1.165) is 45.7 Å². The Balaban J connectivity index is 1.57. The summed E-state index contributed by atoms with van der Waals surface area (Å²) >= 11 is 8.07. The van der Waals surface area contributed by atoms with Crippen LogP contribution in [0, 0.1) is 6.92 Å². The van der Waals surface area contributed by atoms with Crippen molar-refractivity contribution in [2.24, 2.45) is 4.99 Å². The molecule has 2 aromatic heterocycles. The van der Waals surface area contributed by atoms with Crippen molar-refractivity contribution in [3.05, 3.63) is 76.8 Å². The Morgan fingerprint density at radius 2 is 2.10 bits per heavy atom. The van der Waals surface area contributed by atoms with Crippen LogP contribution in [-0.4, -0.2) is 26.8 Å². The quantitative estimate of drug-likeness (QED) is 0.495. The summed E-state index contributed by atoms with van der Waals surface area (Å²) in [6, 6.07) is 16.5. The van der Waals surface area contributed by atoms with Crippen LogP contribution < -0.4 is 0 Å². The molecule has 4 nitrogen and oxygen atoms in total. The average molecular weight is 424 g/mol. The van der Waals surface area contributed by atoms with E-state index in [4.69, 9.17) is 21.0 Å². The van der Waals surface area contributed by atoms with E-state index in [1.165, 1.54) is 0 Å². The molecule has 2 aliphatic rings. The minimum absolute atomic E-state index is 0.0214. The summed E-state index contributed by atoms with van der Waals surface area (Å²) in [5, 5.41) is 1.82. The van der Waals surface area contributed by atoms with Gasteiger partial charge >= 0.3 is 0 Å². The molecular formula is C23H22ClN3OS. The topological polar surface area (TPSA) is 41.6 Å². The molecule has 0 N–H and O–H groups in total. The van der Waals surface area contributed by atoms with Crippen molar-refractivity contribution in [1.29, 1.82) is 0 Å². The van der Waals surface area contributed by atoms with Gasteiger partial charge in [-0.05, 0) is 55.3 Å². The average Bonchev–Trinajstić information content (AvgIpc) is 3.45. The van der Waals surface area contributed by atoms with E-state index < -0.39 is 0 Å². The minimum Gasteiger partial charge on any atom is -0.459 e. The fourth-order valence-corrected chi connectivity index (χ4v) is 5.69. The molecule has 3 aromatic rings. The summed E-state index contributed by atoms with van der Waals surface area (Å²) in [5.74, 6) is 2.84. The number of hydrogen-bond donors (Lipinski definition) is 0. The van der Waals surface area contributed by atoms with E-state index >= 15 is 0 Å². The predicted molar refractivity (Wildman–Crippen MR) is 119 cm³/mol. The lowest BCUT2D eigenvalue weighted by Crippen LogP contribution is -2.35. The second-order valence-electron chi connectivity index (χ2n) is 7.50. The van der Waals surface area contributed by atoms with Crippen LogP contribution >= 0.6 is 23.4 Å². The van der Waals surface area contributed by atoms with Crippen LogP contribution in [0.1, 0.15) is 42.4 Å². The summed E-state index contributed by atoms with van der Waals surface area (Å²) in [6.07, 6.45) is 2.92. The third-order valence-electron chi connectivity index (χ3n) is 5.71. The molecule has 3 atom stereocenters. The van der Waals surface area contributed by atoms with Gasteiger partial charge in [0.15, 0.2) is 5.17 Å². The van der Waals surface area contributed by atoms with Crippen molar-refractivity contribution in [2.75, 3.05) is 5.75 Å². The fourth-order valence-electron chi connectivity index (χ4n) is 4.18. The molecule has 6 heteroatoms. The number of aliphatic imine (C=N–C) groups is 1. The van der Waals surface area contributed by atoms with Gasteiger partial charge in [0.1, 0.15) is 23.6 Å². The van der Waals surface area contributed by atoms with E-state index in [0.29, 0.717) is 11.1 Å². The Morgan fingerprint density at radius 1 is 1.21 bits per heavy atom. The Hall–Kier alpha value is -2.24. The van der Waals surface area contributed by atoms with Crippen molar-refractivity contribution in [2.45, 2.75) is 38.4 Å². The van der Waals surface area contributed by atoms with E-state index in [9.17, 15) is 0 Å². The molecule has 1 fully saturated rings. The summed E-state index contributed by atoms with van der Waals surface area (Å²) in [7, 11) is 0. The third-order valence-corrected chi connectivity index (χ3v) is 7.07. The molecule has 29 heavy (non-hydrogen) atoms. The number of amidine groups is 1. The van der Waals surface area contributed by atoms with E-state index in [-0.39, 0.29) is 12.1 Å². The lowest BCUT2D eigenvalue weighted by molar-refractivity contribution is 0.226. The first kappa shape index (κ1) is 18.8. The number of thioether (sulfide) groups is 1. The number of benzene rings is 1. The molecule has 2 aliphatic heterocycles.